The SMILES string of the molecule is CC1(C(=O)NCCOc2ccccc2N)CCCS1. The molecule has 1 aliphatic rings. The predicted molar refractivity (Wildman–Crippen MR) is 79.5 cm³/mol. The van der Waals surface area contributed by atoms with Gasteiger partial charge in [-0.15, -0.1) is 11.8 Å². The van der Waals surface area contributed by atoms with E-state index in [0.717, 1.165) is 18.6 Å². The summed E-state index contributed by atoms with van der Waals surface area (Å²) in [6.45, 7) is 2.94. The number of hydrogen-bond donors (Lipinski definition) is 2. The fourth-order valence-corrected chi connectivity index (χ4v) is 3.31. The van der Waals surface area contributed by atoms with Crippen molar-refractivity contribution in [3.05, 3.63) is 24.3 Å². The first-order chi connectivity index (χ1) is 9.12. The lowest BCUT2D eigenvalue weighted by Crippen LogP contribution is -2.41. The summed E-state index contributed by atoms with van der Waals surface area (Å²) in [5.41, 5.74) is 6.39. The molecule has 19 heavy (non-hydrogen) atoms. The van der Waals surface area contributed by atoms with Crippen molar-refractivity contribution in [1.82, 2.24) is 5.32 Å². The number of rotatable bonds is 5. The molecule has 0 saturated carbocycles. The Morgan fingerprint density at radius 2 is 2.32 bits per heavy atom. The third kappa shape index (κ3) is 3.56. The lowest BCUT2D eigenvalue weighted by Gasteiger charge is -2.21. The van der Waals surface area contributed by atoms with Crippen LogP contribution in [0.25, 0.3) is 0 Å². The van der Waals surface area contributed by atoms with Crippen LogP contribution in [0.2, 0.25) is 0 Å². The van der Waals surface area contributed by atoms with Gasteiger partial charge in [-0.1, -0.05) is 12.1 Å². The normalized spacial score (nSPS) is 22.2. The average molecular weight is 280 g/mol. The van der Waals surface area contributed by atoms with Gasteiger partial charge in [-0.25, -0.2) is 0 Å². The zero-order valence-corrected chi connectivity index (χ0v) is 12.0. The Morgan fingerprint density at radius 1 is 1.53 bits per heavy atom. The fraction of sp³-hybridized carbons (Fsp3) is 0.500. The number of amides is 1. The zero-order valence-electron chi connectivity index (χ0n) is 11.1. The molecule has 1 amide bonds. The molecule has 1 saturated heterocycles. The van der Waals surface area contributed by atoms with E-state index in [1.165, 1.54) is 0 Å². The molecule has 0 aromatic heterocycles. The summed E-state index contributed by atoms with van der Waals surface area (Å²) >= 11 is 1.74. The minimum absolute atomic E-state index is 0.111. The van der Waals surface area contributed by atoms with Crippen molar-refractivity contribution in [1.29, 1.82) is 0 Å². The van der Waals surface area contributed by atoms with Crippen LogP contribution in [-0.4, -0.2) is 29.6 Å². The second-order valence-electron chi connectivity index (χ2n) is 4.83. The van der Waals surface area contributed by atoms with Gasteiger partial charge >= 0.3 is 0 Å². The van der Waals surface area contributed by atoms with E-state index >= 15 is 0 Å². The van der Waals surface area contributed by atoms with Gasteiger partial charge in [-0.2, -0.15) is 0 Å². The summed E-state index contributed by atoms with van der Waals surface area (Å²) in [7, 11) is 0. The first kappa shape index (κ1) is 14.1. The number of nitrogen functional groups attached to an aromatic ring is 1. The maximum absolute atomic E-state index is 12.0. The van der Waals surface area contributed by atoms with Gasteiger partial charge in [0.25, 0.3) is 0 Å². The van der Waals surface area contributed by atoms with E-state index in [1.807, 2.05) is 25.1 Å². The van der Waals surface area contributed by atoms with E-state index in [4.69, 9.17) is 10.5 Å². The number of hydrogen-bond acceptors (Lipinski definition) is 4. The molecule has 0 bridgehead atoms. The average Bonchev–Trinajstić information content (AvgIpc) is 2.84. The number of ether oxygens (including phenoxy) is 1. The summed E-state index contributed by atoms with van der Waals surface area (Å²) in [6, 6.07) is 7.36. The van der Waals surface area contributed by atoms with Gasteiger partial charge in [-0.3, -0.25) is 4.79 Å². The largest absolute Gasteiger partial charge is 0.490 e. The third-order valence-corrected chi connectivity index (χ3v) is 4.78. The molecule has 0 aliphatic carbocycles. The molecule has 1 fully saturated rings. The molecule has 0 spiro atoms. The standard InChI is InChI=1S/C14H20N2O2S/c1-14(7-4-10-19-14)13(17)16-8-9-18-12-6-3-2-5-11(12)15/h2-3,5-6H,4,7-10,15H2,1H3,(H,16,17). The molecule has 1 heterocycles. The van der Waals surface area contributed by atoms with E-state index in [1.54, 1.807) is 17.8 Å². The smallest absolute Gasteiger partial charge is 0.236 e. The number of para-hydroxylation sites is 2. The molecular weight excluding hydrogens is 260 g/mol. The molecule has 1 aromatic carbocycles. The van der Waals surface area contributed by atoms with Crippen LogP contribution in [0.5, 0.6) is 5.75 Å². The Morgan fingerprint density at radius 3 is 3.00 bits per heavy atom. The molecule has 5 heteroatoms. The summed E-state index contributed by atoms with van der Waals surface area (Å²) in [4.78, 5) is 12.0. The Balaban J connectivity index is 1.72. The Labute approximate surface area is 118 Å². The van der Waals surface area contributed by atoms with Crippen molar-refractivity contribution in [2.24, 2.45) is 0 Å². The zero-order chi connectivity index (χ0) is 13.7. The highest BCUT2D eigenvalue weighted by Gasteiger charge is 2.36. The number of thioether (sulfide) groups is 1. The van der Waals surface area contributed by atoms with Crippen LogP contribution < -0.4 is 15.8 Å². The van der Waals surface area contributed by atoms with Crippen molar-refractivity contribution in [3.63, 3.8) is 0 Å². The first-order valence-electron chi connectivity index (χ1n) is 6.51. The van der Waals surface area contributed by atoms with Crippen LogP contribution in [0.3, 0.4) is 0 Å². The van der Waals surface area contributed by atoms with E-state index < -0.39 is 0 Å². The number of benzene rings is 1. The van der Waals surface area contributed by atoms with Gasteiger partial charge < -0.3 is 15.8 Å². The van der Waals surface area contributed by atoms with Crippen LogP contribution in [0.1, 0.15) is 19.8 Å². The van der Waals surface area contributed by atoms with E-state index in [2.05, 4.69) is 5.32 Å². The number of anilines is 1. The molecule has 1 atom stereocenters. The topological polar surface area (TPSA) is 64.3 Å². The minimum Gasteiger partial charge on any atom is -0.490 e. The van der Waals surface area contributed by atoms with E-state index in [-0.39, 0.29) is 10.7 Å². The van der Waals surface area contributed by atoms with Crippen molar-refractivity contribution in [2.45, 2.75) is 24.5 Å². The lowest BCUT2D eigenvalue weighted by molar-refractivity contribution is -0.123. The molecule has 3 N–H and O–H groups in total. The molecule has 1 aliphatic heterocycles. The number of carbonyl (C=O) groups is 1. The van der Waals surface area contributed by atoms with E-state index in [9.17, 15) is 4.79 Å². The van der Waals surface area contributed by atoms with Crippen LogP contribution in [-0.2, 0) is 4.79 Å². The quantitative estimate of drug-likeness (QED) is 0.640. The highest BCUT2D eigenvalue weighted by Crippen LogP contribution is 2.37. The highest BCUT2D eigenvalue weighted by molar-refractivity contribution is 8.01. The van der Waals surface area contributed by atoms with Crippen molar-refractivity contribution < 1.29 is 9.53 Å². The highest BCUT2D eigenvalue weighted by atomic mass is 32.2. The number of carbonyl (C=O) groups excluding carboxylic acids is 1. The van der Waals surface area contributed by atoms with Gasteiger partial charge in [0, 0.05) is 0 Å². The van der Waals surface area contributed by atoms with Crippen LogP contribution in [0, 0.1) is 0 Å². The Bertz CT molecular complexity index is 445. The maximum Gasteiger partial charge on any atom is 0.236 e. The minimum atomic E-state index is -0.258. The number of nitrogens with two attached hydrogens (primary N) is 1. The molecule has 1 unspecified atom stereocenters. The van der Waals surface area contributed by atoms with Crippen molar-refractivity contribution >= 4 is 23.4 Å². The molecule has 2 rings (SSSR count). The Kier molecular flexibility index (Phi) is 4.58. The van der Waals surface area contributed by atoms with Gasteiger partial charge in [-0.05, 0) is 37.7 Å². The molecule has 4 nitrogen and oxygen atoms in total. The van der Waals surface area contributed by atoms with Gasteiger partial charge in [0.15, 0.2) is 0 Å². The van der Waals surface area contributed by atoms with Crippen LogP contribution in [0.15, 0.2) is 24.3 Å². The molecular formula is C14H20N2O2S. The summed E-state index contributed by atoms with van der Waals surface area (Å²) < 4.78 is 5.28. The molecule has 0 radical (unpaired) electrons. The van der Waals surface area contributed by atoms with Gasteiger partial charge in [0.2, 0.25) is 5.91 Å². The lowest BCUT2D eigenvalue weighted by atomic mass is 10.1. The first-order valence-corrected chi connectivity index (χ1v) is 7.50. The third-order valence-electron chi connectivity index (χ3n) is 3.26. The Hall–Kier alpha value is -1.36. The van der Waals surface area contributed by atoms with Crippen LogP contribution in [0.4, 0.5) is 5.69 Å². The number of nitrogens with one attached hydrogen (secondary N) is 1. The van der Waals surface area contributed by atoms with Crippen molar-refractivity contribution in [2.75, 3.05) is 24.6 Å². The van der Waals surface area contributed by atoms with Crippen molar-refractivity contribution in [3.8, 4) is 5.75 Å². The predicted octanol–water partition coefficient (Wildman–Crippen LogP) is 2.05. The summed E-state index contributed by atoms with van der Waals surface area (Å²) in [5, 5.41) is 2.93. The second-order valence-corrected chi connectivity index (χ2v) is 6.42. The molecule has 104 valence electrons. The monoisotopic (exact) mass is 280 g/mol. The fourth-order valence-electron chi connectivity index (χ4n) is 2.08. The second kappa shape index (κ2) is 6.19. The maximum atomic E-state index is 12.0. The van der Waals surface area contributed by atoms with Gasteiger partial charge in [0.05, 0.1) is 17.0 Å². The van der Waals surface area contributed by atoms with Gasteiger partial charge in [0.1, 0.15) is 12.4 Å². The summed E-state index contributed by atoms with van der Waals surface area (Å²) in [5.74, 6) is 1.85. The van der Waals surface area contributed by atoms with E-state index in [0.29, 0.717) is 24.6 Å². The molecule has 1 aromatic rings. The summed E-state index contributed by atoms with van der Waals surface area (Å²) in [6.07, 6.45) is 2.07. The van der Waals surface area contributed by atoms with Crippen LogP contribution >= 0.6 is 11.8 Å².